The average molecular weight is 473 g/mol. The van der Waals surface area contributed by atoms with Crippen LogP contribution >= 0.6 is 0 Å². The van der Waals surface area contributed by atoms with Crippen LogP contribution in [0.25, 0.3) is 16.8 Å². The fourth-order valence-electron chi connectivity index (χ4n) is 4.78. The summed E-state index contributed by atoms with van der Waals surface area (Å²) in [5.74, 6) is 0.247. The number of hydrogen-bond acceptors (Lipinski definition) is 4. The topological polar surface area (TPSA) is 62.3 Å². The molecular formula is C28H22F3N3O. The molecule has 0 saturated heterocycles. The van der Waals surface area contributed by atoms with Gasteiger partial charge >= 0.3 is 6.18 Å². The summed E-state index contributed by atoms with van der Waals surface area (Å²) in [5, 5.41) is 12.1. The van der Waals surface area contributed by atoms with Gasteiger partial charge in [-0.25, -0.2) is 0 Å². The first-order valence-corrected chi connectivity index (χ1v) is 11.1. The lowest BCUT2D eigenvalue weighted by atomic mass is 9.80. The van der Waals surface area contributed by atoms with Crippen LogP contribution in [-0.2, 0) is 10.9 Å². The summed E-state index contributed by atoms with van der Waals surface area (Å²) in [7, 11) is 1.95. The second-order valence-electron chi connectivity index (χ2n) is 8.85. The molecule has 0 amide bonds. The van der Waals surface area contributed by atoms with Crippen LogP contribution < -0.4 is 5.73 Å². The molecular weight excluding hydrogens is 451 g/mol. The van der Waals surface area contributed by atoms with Crippen molar-refractivity contribution in [2.45, 2.75) is 12.1 Å². The highest BCUT2D eigenvalue weighted by molar-refractivity contribution is 5.83. The van der Waals surface area contributed by atoms with Crippen molar-refractivity contribution in [1.29, 1.82) is 5.26 Å². The molecule has 176 valence electrons. The minimum absolute atomic E-state index is 0.0484. The molecule has 1 atom stereocenters. The summed E-state index contributed by atoms with van der Waals surface area (Å²) in [4.78, 5) is 2.09. The van der Waals surface area contributed by atoms with Gasteiger partial charge in [-0.15, -0.1) is 0 Å². The van der Waals surface area contributed by atoms with Gasteiger partial charge in [0.1, 0.15) is 17.4 Å². The lowest BCUT2D eigenvalue weighted by Crippen LogP contribution is -2.35. The van der Waals surface area contributed by atoms with Gasteiger partial charge in [0.25, 0.3) is 0 Å². The largest absolute Gasteiger partial charge is 0.440 e. The highest BCUT2D eigenvalue weighted by Crippen LogP contribution is 2.44. The molecule has 1 unspecified atom stereocenters. The van der Waals surface area contributed by atoms with Crippen molar-refractivity contribution in [3.8, 4) is 6.07 Å². The number of nitriles is 1. The van der Waals surface area contributed by atoms with Crippen LogP contribution in [0.1, 0.15) is 22.6 Å². The van der Waals surface area contributed by atoms with Gasteiger partial charge < -0.3 is 10.5 Å². The molecule has 0 bridgehead atoms. The highest BCUT2D eigenvalue weighted by atomic mass is 19.4. The molecule has 0 spiro atoms. The molecule has 2 N–H and O–H groups in total. The van der Waals surface area contributed by atoms with Crippen molar-refractivity contribution in [2.75, 3.05) is 20.1 Å². The number of allylic oxidation sites excluding steroid dienone is 1. The number of rotatable bonds is 2. The average Bonchev–Trinajstić information content (AvgIpc) is 2.83. The molecule has 3 aromatic rings. The second-order valence-corrected chi connectivity index (χ2v) is 8.85. The van der Waals surface area contributed by atoms with Crippen LogP contribution in [0, 0.1) is 11.3 Å². The number of fused-ring (bicyclic) bond motifs is 1. The van der Waals surface area contributed by atoms with Crippen LogP contribution in [0.2, 0.25) is 0 Å². The number of halogens is 3. The number of nitrogens with two attached hydrogens (primary N) is 1. The Bertz CT molecular complexity index is 1440. The van der Waals surface area contributed by atoms with Gasteiger partial charge in [-0.1, -0.05) is 54.6 Å². The maximum Gasteiger partial charge on any atom is 0.416 e. The van der Waals surface area contributed by atoms with Crippen LogP contribution in [0.4, 0.5) is 13.2 Å². The Balaban J connectivity index is 1.62. The zero-order valence-corrected chi connectivity index (χ0v) is 18.9. The first-order chi connectivity index (χ1) is 16.7. The smallest absolute Gasteiger partial charge is 0.416 e. The molecule has 3 aromatic carbocycles. The van der Waals surface area contributed by atoms with Crippen LogP contribution in [0.3, 0.4) is 0 Å². The van der Waals surface area contributed by atoms with E-state index in [-0.39, 0.29) is 11.8 Å². The van der Waals surface area contributed by atoms with Crippen molar-refractivity contribution >= 4 is 16.8 Å². The predicted molar refractivity (Wildman–Crippen MR) is 129 cm³/mol. The van der Waals surface area contributed by atoms with E-state index in [1.807, 2.05) is 49.5 Å². The van der Waals surface area contributed by atoms with Gasteiger partial charge in [-0.2, -0.15) is 18.4 Å². The number of benzene rings is 3. The Morgan fingerprint density at radius 2 is 1.74 bits per heavy atom. The van der Waals surface area contributed by atoms with Gasteiger partial charge in [-0.05, 0) is 52.7 Å². The van der Waals surface area contributed by atoms with Crippen LogP contribution in [0.15, 0.2) is 95.1 Å². The minimum Gasteiger partial charge on any atom is -0.440 e. The van der Waals surface area contributed by atoms with Crippen molar-refractivity contribution < 1.29 is 17.9 Å². The van der Waals surface area contributed by atoms with Gasteiger partial charge in [0.2, 0.25) is 5.88 Å². The van der Waals surface area contributed by atoms with Crippen molar-refractivity contribution in [3.63, 3.8) is 0 Å². The predicted octanol–water partition coefficient (Wildman–Crippen LogP) is 5.95. The van der Waals surface area contributed by atoms with Gasteiger partial charge in [0, 0.05) is 18.7 Å². The highest BCUT2D eigenvalue weighted by Gasteiger charge is 2.37. The fourth-order valence-corrected chi connectivity index (χ4v) is 4.78. The normalized spacial score (nSPS) is 20.1. The quantitative estimate of drug-likeness (QED) is 0.500. The van der Waals surface area contributed by atoms with E-state index in [2.05, 4.69) is 17.0 Å². The Morgan fingerprint density at radius 1 is 1.03 bits per heavy atom. The second kappa shape index (κ2) is 8.64. The van der Waals surface area contributed by atoms with E-state index in [4.69, 9.17) is 10.5 Å². The number of ether oxygens (including phenoxy) is 1. The number of alkyl halides is 3. The van der Waals surface area contributed by atoms with Gasteiger partial charge in [0.05, 0.1) is 11.5 Å². The zero-order valence-electron chi connectivity index (χ0n) is 18.9. The molecule has 0 aromatic heterocycles. The molecule has 2 heterocycles. The van der Waals surface area contributed by atoms with E-state index >= 15 is 0 Å². The first kappa shape index (κ1) is 22.8. The van der Waals surface area contributed by atoms with Crippen molar-refractivity contribution in [3.05, 3.63) is 112 Å². The summed E-state index contributed by atoms with van der Waals surface area (Å²) in [6, 6.07) is 21.3. The first-order valence-electron chi connectivity index (χ1n) is 11.1. The molecule has 0 fully saturated rings. The minimum atomic E-state index is -4.39. The van der Waals surface area contributed by atoms with E-state index in [9.17, 15) is 18.4 Å². The molecule has 7 heteroatoms. The summed E-state index contributed by atoms with van der Waals surface area (Å²) in [5.41, 5.74) is 9.13. The van der Waals surface area contributed by atoms with E-state index in [0.717, 1.165) is 39.6 Å². The number of nitrogens with zero attached hydrogens (tertiary/aromatic N) is 2. The molecule has 35 heavy (non-hydrogen) atoms. The van der Waals surface area contributed by atoms with Crippen molar-refractivity contribution in [1.82, 2.24) is 4.90 Å². The molecule has 0 aliphatic carbocycles. The van der Waals surface area contributed by atoms with E-state index < -0.39 is 11.7 Å². The van der Waals surface area contributed by atoms with Crippen LogP contribution in [-0.4, -0.2) is 25.0 Å². The third kappa shape index (κ3) is 4.29. The molecule has 5 rings (SSSR count). The van der Waals surface area contributed by atoms with Gasteiger partial charge in [-0.3, -0.25) is 4.90 Å². The van der Waals surface area contributed by atoms with Crippen molar-refractivity contribution in [2.24, 2.45) is 5.73 Å². The van der Waals surface area contributed by atoms with Gasteiger partial charge in [0.15, 0.2) is 0 Å². The number of likely N-dealkylation sites (N-methyl/N-ethyl adjacent to an activating group) is 1. The third-order valence-electron chi connectivity index (χ3n) is 6.38. The SMILES string of the molecule is CN1CC2=C(OC(N)=C(C#N)C2c2ccc3ccccc3c2)/C(=C/c2ccc(C(F)(F)F)cc2)C1. The van der Waals surface area contributed by atoms with E-state index in [0.29, 0.717) is 30.0 Å². The molecule has 0 saturated carbocycles. The Labute approximate surface area is 201 Å². The Hall–Kier alpha value is -4.02. The molecule has 2 aliphatic heterocycles. The zero-order chi connectivity index (χ0) is 24.7. The summed E-state index contributed by atoms with van der Waals surface area (Å²) in [6.45, 7) is 1.09. The molecule has 4 nitrogen and oxygen atoms in total. The lowest BCUT2D eigenvalue weighted by Gasteiger charge is -2.37. The third-order valence-corrected chi connectivity index (χ3v) is 6.38. The number of hydrogen-bond donors (Lipinski definition) is 1. The Morgan fingerprint density at radius 3 is 2.43 bits per heavy atom. The van der Waals surface area contributed by atoms with Crippen LogP contribution in [0.5, 0.6) is 0 Å². The molecule has 2 aliphatic rings. The summed E-state index contributed by atoms with van der Waals surface area (Å²) < 4.78 is 44.9. The monoisotopic (exact) mass is 473 g/mol. The fraction of sp³-hybridized carbons (Fsp3) is 0.179. The maximum absolute atomic E-state index is 13.0. The summed E-state index contributed by atoms with van der Waals surface area (Å²) in [6.07, 6.45) is -2.58. The summed E-state index contributed by atoms with van der Waals surface area (Å²) >= 11 is 0. The lowest BCUT2D eigenvalue weighted by molar-refractivity contribution is -0.137. The molecule has 0 radical (unpaired) electrons. The van der Waals surface area contributed by atoms with E-state index in [1.54, 1.807) is 0 Å². The van der Waals surface area contributed by atoms with E-state index in [1.165, 1.54) is 12.1 Å². The standard InChI is InChI=1S/C28H22F3N3O/c1-34-15-21(12-17-6-10-22(11-7-17)28(29,30)31)26-24(16-34)25(23(14-32)27(33)35-26)20-9-8-18-4-2-3-5-19(18)13-20/h2-13,25H,15-16,33H2,1H3/b21-12+. The Kier molecular flexibility index (Phi) is 5.62. The maximum atomic E-state index is 13.0.